The van der Waals surface area contributed by atoms with E-state index in [1.807, 2.05) is 6.92 Å². The molecule has 2 rings (SSSR count). The third kappa shape index (κ3) is 5.55. The molecule has 4 N–H and O–H groups in total. The van der Waals surface area contributed by atoms with Crippen molar-refractivity contribution in [2.24, 2.45) is 17.6 Å². The van der Waals surface area contributed by atoms with Gasteiger partial charge in [0.2, 0.25) is 5.91 Å². The van der Waals surface area contributed by atoms with E-state index in [-0.39, 0.29) is 40.6 Å². The van der Waals surface area contributed by atoms with Gasteiger partial charge in [0.05, 0.1) is 0 Å². The van der Waals surface area contributed by atoms with E-state index >= 15 is 0 Å². The number of benzene rings is 1. The van der Waals surface area contributed by atoms with Gasteiger partial charge < -0.3 is 15.9 Å². The maximum Gasteiger partial charge on any atom is 0.220 e. The number of amides is 1. The third-order valence-corrected chi connectivity index (χ3v) is 6.83. The minimum atomic E-state index is -0.307. The van der Waals surface area contributed by atoms with E-state index in [4.69, 9.17) is 5.73 Å². The first-order valence-corrected chi connectivity index (χ1v) is 11.1. The molecule has 4 nitrogen and oxygen atoms in total. The Morgan fingerprint density at radius 2 is 1.79 bits per heavy atom. The van der Waals surface area contributed by atoms with Crippen molar-refractivity contribution in [3.63, 3.8) is 0 Å². The maximum atomic E-state index is 11.8. The summed E-state index contributed by atoms with van der Waals surface area (Å²) in [6.07, 6.45) is 7.83. The summed E-state index contributed by atoms with van der Waals surface area (Å²) in [6, 6.07) is 3.61. The Bertz CT molecular complexity index is 715. The van der Waals surface area contributed by atoms with Crippen LogP contribution in [0.15, 0.2) is 24.3 Å². The summed E-state index contributed by atoms with van der Waals surface area (Å²) in [5, 5.41) is 21.8. The maximum absolute atomic E-state index is 11.8. The van der Waals surface area contributed by atoms with Crippen molar-refractivity contribution >= 4 is 5.91 Å². The van der Waals surface area contributed by atoms with Crippen LogP contribution in [0.3, 0.4) is 0 Å². The summed E-state index contributed by atoms with van der Waals surface area (Å²) in [5.74, 6) is -0.343. The molecular weight excluding hydrogens is 362 g/mol. The predicted octanol–water partition coefficient (Wildman–Crippen LogP) is 5.91. The Kier molecular flexibility index (Phi) is 7.79. The Hall–Kier alpha value is -1.97. The summed E-state index contributed by atoms with van der Waals surface area (Å²) in [5.41, 5.74) is 7.93. The van der Waals surface area contributed by atoms with Gasteiger partial charge in [-0.2, -0.15) is 0 Å². The lowest BCUT2D eigenvalue weighted by Gasteiger charge is -2.37. The van der Waals surface area contributed by atoms with Crippen LogP contribution < -0.4 is 5.73 Å². The Morgan fingerprint density at radius 1 is 1.17 bits per heavy atom. The largest absolute Gasteiger partial charge is 0.508 e. The highest BCUT2D eigenvalue weighted by atomic mass is 16.3. The van der Waals surface area contributed by atoms with Crippen LogP contribution in [0, 0.1) is 11.8 Å². The number of hydrogen-bond donors (Lipinski definition) is 3. The predicted molar refractivity (Wildman–Crippen MR) is 119 cm³/mol. The van der Waals surface area contributed by atoms with Gasteiger partial charge in [0.1, 0.15) is 11.5 Å². The van der Waals surface area contributed by atoms with Crippen LogP contribution in [0.2, 0.25) is 0 Å². The van der Waals surface area contributed by atoms with Gasteiger partial charge in [-0.3, -0.25) is 4.79 Å². The minimum absolute atomic E-state index is 0.114. The van der Waals surface area contributed by atoms with Crippen molar-refractivity contribution in [2.75, 3.05) is 0 Å². The summed E-state index contributed by atoms with van der Waals surface area (Å²) in [7, 11) is 0. The molecule has 1 aliphatic carbocycles. The number of nitrogens with two attached hydrogens (primary N) is 1. The van der Waals surface area contributed by atoms with E-state index in [1.165, 1.54) is 19.3 Å². The zero-order valence-electron chi connectivity index (χ0n) is 18.6. The first kappa shape index (κ1) is 23.3. The van der Waals surface area contributed by atoms with Gasteiger partial charge in [-0.25, -0.2) is 0 Å². The van der Waals surface area contributed by atoms with Crippen molar-refractivity contribution in [2.45, 2.75) is 90.4 Å². The van der Waals surface area contributed by atoms with Gasteiger partial charge in [0.25, 0.3) is 0 Å². The molecule has 0 spiro atoms. The first-order valence-electron chi connectivity index (χ1n) is 11.1. The van der Waals surface area contributed by atoms with Crippen LogP contribution in [-0.4, -0.2) is 16.1 Å². The summed E-state index contributed by atoms with van der Waals surface area (Å²) in [6.45, 7) is 12.6. The third-order valence-electron chi connectivity index (χ3n) is 6.83. The molecule has 0 heterocycles. The van der Waals surface area contributed by atoms with E-state index in [0.29, 0.717) is 12.0 Å². The van der Waals surface area contributed by atoms with Crippen molar-refractivity contribution < 1.29 is 15.0 Å². The molecule has 0 unspecified atom stereocenters. The smallest absolute Gasteiger partial charge is 0.220 e. The van der Waals surface area contributed by atoms with Gasteiger partial charge in [0, 0.05) is 11.5 Å². The van der Waals surface area contributed by atoms with E-state index < -0.39 is 0 Å². The molecule has 0 saturated heterocycles. The summed E-state index contributed by atoms with van der Waals surface area (Å²) >= 11 is 0. The van der Waals surface area contributed by atoms with Gasteiger partial charge in [-0.05, 0) is 67.6 Å². The average molecular weight is 402 g/mol. The van der Waals surface area contributed by atoms with Gasteiger partial charge in [-0.15, -0.1) is 0 Å². The Labute approximate surface area is 176 Å². The highest BCUT2D eigenvalue weighted by Crippen LogP contribution is 2.50. The second-order valence-corrected chi connectivity index (χ2v) is 9.59. The van der Waals surface area contributed by atoms with Crippen LogP contribution in [0.4, 0.5) is 0 Å². The molecule has 162 valence electrons. The molecule has 29 heavy (non-hydrogen) atoms. The number of phenolic OH excluding ortho intramolecular Hbond substituents is 2. The molecule has 0 bridgehead atoms. The first-order chi connectivity index (χ1) is 13.6. The van der Waals surface area contributed by atoms with Crippen LogP contribution >= 0.6 is 0 Å². The molecule has 1 saturated carbocycles. The van der Waals surface area contributed by atoms with Crippen molar-refractivity contribution in [3.8, 4) is 11.5 Å². The Morgan fingerprint density at radius 3 is 2.31 bits per heavy atom. The molecule has 4 heteroatoms. The molecular formula is C25H39NO3. The molecule has 0 aliphatic heterocycles. The quantitative estimate of drug-likeness (QED) is 0.355. The Balaban J connectivity index is 2.33. The fourth-order valence-corrected chi connectivity index (χ4v) is 4.87. The number of unbranched alkanes of at least 4 members (excludes halogenated alkanes) is 3. The van der Waals surface area contributed by atoms with E-state index in [0.717, 1.165) is 36.8 Å². The minimum Gasteiger partial charge on any atom is -0.508 e. The SMILES string of the molecule is C=C(C)[C@@H]1CC[C@@H](C(N)=O)C[C@H]1c1c(O)cc(C(C)(C)CCCCCC)cc1O. The normalized spacial score (nSPS) is 22.4. The highest BCUT2D eigenvalue weighted by Gasteiger charge is 2.37. The number of phenols is 2. The van der Waals surface area contributed by atoms with Gasteiger partial charge in [-0.1, -0.05) is 58.6 Å². The van der Waals surface area contributed by atoms with E-state index in [9.17, 15) is 15.0 Å². The lowest BCUT2D eigenvalue weighted by atomic mass is 9.68. The molecule has 0 radical (unpaired) electrons. The number of primary amides is 1. The molecule has 1 aliphatic rings. The number of aromatic hydroxyl groups is 2. The second kappa shape index (κ2) is 9.69. The molecule has 3 atom stereocenters. The standard InChI is InChI=1S/C25H39NO3/c1-6-7-8-9-12-25(4,5)18-14-21(27)23(22(28)15-18)20-13-17(24(26)29)10-11-19(20)16(2)3/h14-15,17,19-20,27-28H,2,6-13H2,1,3-5H3,(H2,26,29)/t17-,19+,20-/m1/s1. The topological polar surface area (TPSA) is 83.6 Å². The van der Waals surface area contributed by atoms with Gasteiger partial charge >= 0.3 is 0 Å². The molecule has 1 aromatic carbocycles. The zero-order valence-corrected chi connectivity index (χ0v) is 18.6. The number of allylic oxidation sites excluding steroid dienone is 1. The lowest BCUT2D eigenvalue weighted by molar-refractivity contribution is -0.123. The van der Waals surface area contributed by atoms with E-state index in [1.54, 1.807) is 12.1 Å². The van der Waals surface area contributed by atoms with Crippen LogP contribution in [-0.2, 0) is 10.2 Å². The second-order valence-electron chi connectivity index (χ2n) is 9.59. The number of hydrogen-bond acceptors (Lipinski definition) is 3. The molecule has 0 aromatic heterocycles. The fraction of sp³-hybridized carbons (Fsp3) is 0.640. The van der Waals surface area contributed by atoms with E-state index in [2.05, 4.69) is 27.4 Å². The van der Waals surface area contributed by atoms with Crippen LogP contribution in [0.25, 0.3) is 0 Å². The molecule has 1 fully saturated rings. The van der Waals surface area contributed by atoms with Crippen molar-refractivity contribution in [3.05, 3.63) is 35.4 Å². The highest BCUT2D eigenvalue weighted by molar-refractivity contribution is 5.77. The monoisotopic (exact) mass is 401 g/mol. The summed E-state index contributed by atoms with van der Waals surface area (Å²) in [4.78, 5) is 11.8. The van der Waals surface area contributed by atoms with Crippen LogP contribution in [0.5, 0.6) is 11.5 Å². The number of rotatable bonds is 9. The number of carbonyl (C=O) groups is 1. The van der Waals surface area contributed by atoms with Crippen molar-refractivity contribution in [1.29, 1.82) is 0 Å². The van der Waals surface area contributed by atoms with Crippen LogP contribution in [0.1, 0.15) is 96.1 Å². The average Bonchev–Trinajstić information content (AvgIpc) is 2.64. The number of carbonyl (C=O) groups excluding carboxylic acids is 1. The zero-order chi connectivity index (χ0) is 21.8. The van der Waals surface area contributed by atoms with Gasteiger partial charge in [0.15, 0.2) is 0 Å². The lowest BCUT2D eigenvalue weighted by Crippen LogP contribution is -2.32. The molecule has 1 amide bonds. The van der Waals surface area contributed by atoms with Crippen molar-refractivity contribution in [1.82, 2.24) is 0 Å². The molecule has 1 aromatic rings. The summed E-state index contributed by atoms with van der Waals surface area (Å²) < 4.78 is 0. The fourth-order valence-electron chi connectivity index (χ4n) is 4.87.